The number of aromatic nitrogens is 4. The van der Waals surface area contributed by atoms with Crippen molar-refractivity contribution in [3.8, 4) is 17.3 Å². The van der Waals surface area contributed by atoms with Gasteiger partial charge in [0.25, 0.3) is 0 Å². The largest absolute Gasteiger partial charge is 0.484 e. The summed E-state index contributed by atoms with van der Waals surface area (Å²) in [4.78, 5) is 0. The highest BCUT2D eigenvalue weighted by Gasteiger charge is 2.28. The van der Waals surface area contributed by atoms with Gasteiger partial charge in [-0.3, -0.25) is 0 Å². The molecule has 2 aromatic carbocycles. The molecule has 4 aromatic rings. The maximum Gasteiger partial charge on any atom is 0.422 e. The Bertz CT molecular complexity index is 1190. The summed E-state index contributed by atoms with van der Waals surface area (Å²) in [7, 11) is 0. The quantitative estimate of drug-likeness (QED) is 0.403. The van der Waals surface area contributed by atoms with Crippen LogP contribution >= 0.6 is 0 Å². The van der Waals surface area contributed by atoms with Crippen LogP contribution in [0.3, 0.4) is 0 Å². The van der Waals surface area contributed by atoms with Crippen molar-refractivity contribution < 1.29 is 31.1 Å². The molecule has 0 aliphatic heterocycles. The summed E-state index contributed by atoms with van der Waals surface area (Å²) < 4.78 is 74.9. The van der Waals surface area contributed by atoms with Gasteiger partial charge in [0, 0.05) is 28.7 Å². The number of halogens is 5. The lowest BCUT2D eigenvalue weighted by Gasteiger charge is -2.14. The highest BCUT2D eigenvalue weighted by atomic mass is 19.4. The average molecular weight is 439 g/mol. The summed E-state index contributed by atoms with van der Waals surface area (Å²) in [5.74, 6) is -0.0729. The minimum atomic E-state index is -4.53. The van der Waals surface area contributed by atoms with E-state index in [-0.39, 0.29) is 23.4 Å². The summed E-state index contributed by atoms with van der Waals surface area (Å²) in [5.41, 5.74) is 1.01. The number of hydrogen-bond acceptors (Lipinski definition) is 6. The monoisotopic (exact) mass is 439 g/mol. The Labute approximate surface area is 171 Å². The van der Waals surface area contributed by atoms with Crippen LogP contribution in [0.4, 0.5) is 27.6 Å². The van der Waals surface area contributed by atoms with E-state index < -0.39 is 25.3 Å². The highest BCUT2D eigenvalue weighted by molar-refractivity contribution is 5.82. The number of ether oxygens (including phenoxy) is 1. The molecule has 0 amide bonds. The lowest BCUT2D eigenvalue weighted by molar-refractivity contribution is -0.153. The number of benzene rings is 2. The summed E-state index contributed by atoms with van der Waals surface area (Å²) >= 11 is 0. The number of furan rings is 1. The van der Waals surface area contributed by atoms with Crippen molar-refractivity contribution in [2.45, 2.75) is 19.4 Å². The molecule has 0 aliphatic carbocycles. The second kappa shape index (κ2) is 8.20. The van der Waals surface area contributed by atoms with Gasteiger partial charge in [-0.15, -0.1) is 5.10 Å². The molecule has 0 atom stereocenters. The third-order valence-electron chi connectivity index (χ3n) is 4.34. The molecule has 0 unspecified atom stereocenters. The van der Waals surface area contributed by atoms with Crippen LogP contribution in [0.25, 0.3) is 22.6 Å². The summed E-state index contributed by atoms with van der Waals surface area (Å²) in [6, 6.07) is 8.34. The van der Waals surface area contributed by atoms with E-state index in [9.17, 15) is 22.0 Å². The van der Waals surface area contributed by atoms with Gasteiger partial charge in [-0.05, 0) is 46.8 Å². The average Bonchev–Trinajstić information content (AvgIpc) is 3.39. The fourth-order valence-electron chi connectivity index (χ4n) is 2.91. The molecule has 0 spiro atoms. The fourth-order valence-corrected chi connectivity index (χ4v) is 2.91. The van der Waals surface area contributed by atoms with Crippen molar-refractivity contribution >= 4 is 16.7 Å². The van der Waals surface area contributed by atoms with Crippen molar-refractivity contribution in [2.24, 2.45) is 0 Å². The molecule has 0 aliphatic rings. The highest BCUT2D eigenvalue weighted by Crippen LogP contribution is 2.29. The minimum absolute atomic E-state index is 0.0240. The molecule has 7 nitrogen and oxygen atoms in total. The topological polar surface area (TPSA) is 88.9 Å². The van der Waals surface area contributed by atoms with Gasteiger partial charge in [-0.1, -0.05) is 0 Å². The second-order valence-electron chi connectivity index (χ2n) is 6.56. The molecule has 31 heavy (non-hydrogen) atoms. The standard InChI is InChI=1S/C19H14F5N5O2/c20-7-11-3-13(1-2-15(11)30-9-19(22,23)24)25-8-12-6-16-10(4-14(12)21)5-17(31-16)18-26-28-29-27-18/h1-6,25H,7-9H2,(H,26,27,28,29). The lowest BCUT2D eigenvalue weighted by Crippen LogP contribution is -2.19. The van der Waals surface area contributed by atoms with Crippen molar-refractivity contribution in [2.75, 3.05) is 11.9 Å². The number of alkyl halides is 4. The van der Waals surface area contributed by atoms with Crippen LogP contribution in [-0.2, 0) is 13.2 Å². The van der Waals surface area contributed by atoms with Crippen LogP contribution in [0.1, 0.15) is 11.1 Å². The van der Waals surface area contributed by atoms with Crippen LogP contribution in [0, 0.1) is 5.82 Å². The minimum Gasteiger partial charge on any atom is -0.484 e. The molecule has 0 fully saturated rings. The molecular weight excluding hydrogens is 425 g/mol. The maximum absolute atomic E-state index is 14.5. The summed E-state index contributed by atoms with van der Waals surface area (Å²) in [5, 5.41) is 16.6. The molecule has 2 aromatic heterocycles. The maximum atomic E-state index is 14.5. The zero-order valence-corrected chi connectivity index (χ0v) is 15.6. The molecule has 0 radical (unpaired) electrons. The van der Waals surface area contributed by atoms with Gasteiger partial charge in [0.2, 0.25) is 5.82 Å². The first-order chi connectivity index (χ1) is 14.8. The number of rotatable bonds is 7. The summed E-state index contributed by atoms with van der Waals surface area (Å²) in [6.07, 6.45) is -4.53. The predicted molar refractivity (Wildman–Crippen MR) is 99.5 cm³/mol. The summed E-state index contributed by atoms with van der Waals surface area (Å²) in [6.45, 7) is -2.52. The fraction of sp³-hybridized carbons (Fsp3) is 0.211. The molecule has 4 rings (SSSR count). The normalized spacial score (nSPS) is 11.8. The van der Waals surface area contributed by atoms with Crippen LogP contribution in [0.2, 0.25) is 0 Å². The molecule has 2 heterocycles. The Morgan fingerprint density at radius 1 is 1.10 bits per heavy atom. The Morgan fingerprint density at radius 3 is 2.65 bits per heavy atom. The number of aromatic amines is 1. The van der Waals surface area contributed by atoms with Gasteiger partial charge in [-0.2, -0.15) is 13.2 Å². The molecule has 2 N–H and O–H groups in total. The van der Waals surface area contributed by atoms with E-state index in [1.54, 1.807) is 6.07 Å². The number of nitrogens with one attached hydrogen (secondary N) is 2. The number of hydrogen-bond donors (Lipinski definition) is 2. The first-order valence-electron chi connectivity index (χ1n) is 8.91. The van der Waals surface area contributed by atoms with Gasteiger partial charge in [-0.25, -0.2) is 13.9 Å². The zero-order chi connectivity index (χ0) is 22.0. The van der Waals surface area contributed by atoms with Crippen LogP contribution in [-0.4, -0.2) is 33.4 Å². The third-order valence-corrected chi connectivity index (χ3v) is 4.34. The number of anilines is 1. The molecule has 0 bridgehead atoms. The number of fused-ring (bicyclic) bond motifs is 1. The van der Waals surface area contributed by atoms with E-state index in [1.165, 1.54) is 30.3 Å². The van der Waals surface area contributed by atoms with E-state index in [1.807, 2.05) is 0 Å². The van der Waals surface area contributed by atoms with Gasteiger partial charge < -0.3 is 14.5 Å². The molecule has 162 valence electrons. The zero-order valence-electron chi connectivity index (χ0n) is 15.6. The molecule has 0 saturated heterocycles. The smallest absolute Gasteiger partial charge is 0.422 e. The van der Waals surface area contributed by atoms with Crippen LogP contribution in [0.5, 0.6) is 5.75 Å². The van der Waals surface area contributed by atoms with E-state index in [2.05, 4.69) is 30.7 Å². The molecular formula is C19H14F5N5O2. The second-order valence-corrected chi connectivity index (χ2v) is 6.56. The number of H-pyrrole nitrogens is 1. The van der Waals surface area contributed by atoms with Crippen LogP contribution < -0.4 is 10.1 Å². The number of tetrazole rings is 1. The molecule has 0 saturated carbocycles. The third kappa shape index (κ3) is 4.73. The Kier molecular flexibility index (Phi) is 5.44. The van der Waals surface area contributed by atoms with E-state index >= 15 is 0 Å². The Morgan fingerprint density at radius 2 is 1.94 bits per heavy atom. The van der Waals surface area contributed by atoms with Crippen molar-refractivity contribution in [3.63, 3.8) is 0 Å². The Hall–Kier alpha value is -3.70. The van der Waals surface area contributed by atoms with Crippen LogP contribution in [0.15, 0.2) is 40.8 Å². The van der Waals surface area contributed by atoms with Crippen molar-refractivity contribution in [1.29, 1.82) is 0 Å². The van der Waals surface area contributed by atoms with Gasteiger partial charge in [0.15, 0.2) is 12.4 Å². The van der Waals surface area contributed by atoms with Gasteiger partial charge in [0.1, 0.15) is 23.8 Å². The van der Waals surface area contributed by atoms with Gasteiger partial charge in [0.05, 0.1) is 0 Å². The van der Waals surface area contributed by atoms with E-state index in [0.29, 0.717) is 28.2 Å². The first-order valence-corrected chi connectivity index (χ1v) is 8.91. The van der Waals surface area contributed by atoms with Crippen molar-refractivity contribution in [3.05, 3.63) is 53.3 Å². The first kappa shape index (κ1) is 20.6. The van der Waals surface area contributed by atoms with Gasteiger partial charge >= 0.3 is 6.18 Å². The van der Waals surface area contributed by atoms with E-state index in [0.717, 1.165) is 0 Å². The Balaban J connectivity index is 1.50. The van der Waals surface area contributed by atoms with Crippen molar-refractivity contribution in [1.82, 2.24) is 20.6 Å². The lowest BCUT2D eigenvalue weighted by atomic mass is 10.1. The van der Waals surface area contributed by atoms with E-state index in [4.69, 9.17) is 4.42 Å². The SMILES string of the molecule is FCc1cc(NCc2cc3oc(-c4nnn[nH]4)cc3cc2F)ccc1OCC(F)(F)F. The number of nitrogens with zero attached hydrogens (tertiary/aromatic N) is 3. The molecule has 12 heteroatoms. The predicted octanol–water partition coefficient (Wildman–Crippen LogP) is 4.77.